The molecule has 2 nitrogen and oxygen atoms in total. The predicted octanol–water partition coefficient (Wildman–Crippen LogP) is 13.9. The van der Waals surface area contributed by atoms with Crippen molar-refractivity contribution in [3.63, 3.8) is 0 Å². The Kier molecular flexibility index (Phi) is 29.8. The maximum atomic E-state index is 2.72. The molecule has 0 aromatic heterocycles. The molecule has 0 aliphatic carbocycles. The highest BCUT2D eigenvalue weighted by atomic mass is 15.4. The van der Waals surface area contributed by atoms with Crippen LogP contribution in [0.15, 0.2) is 12.4 Å². The Hall–Kier alpha value is -0.660. The van der Waals surface area contributed by atoms with E-state index in [1.165, 1.54) is 219 Å². The van der Waals surface area contributed by atoms with Gasteiger partial charge < -0.3 is 9.80 Å². The molecule has 0 saturated carbocycles. The highest BCUT2D eigenvalue weighted by molar-refractivity contribution is 4.97. The molecule has 0 saturated heterocycles. The van der Waals surface area contributed by atoms with Crippen LogP contribution >= 0.6 is 0 Å². The van der Waals surface area contributed by atoms with Crippen molar-refractivity contribution in [2.45, 2.75) is 232 Å². The quantitative estimate of drug-likeness (QED) is 0.0690. The molecule has 0 radical (unpaired) electrons. The number of rotatable bonds is 34. The van der Waals surface area contributed by atoms with Crippen molar-refractivity contribution in [3.05, 3.63) is 12.4 Å². The first-order valence-electron chi connectivity index (χ1n) is 20.0. The summed E-state index contributed by atoms with van der Waals surface area (Å²) >= 11 is 0. The van der Waals surface area contributed by atoms with Gasteiger partial charge in [0.2, 0.25) is 0 Å². The second kappa shape index (κ2) is 31.8. The van der Waals surface area contributed by atoms with Gasteiger partial charge in [-0.1, -0.05) is 201 Å². The third-order valence-electron chi connectivity index (χ3n) is 9.82. The van der Waals surface area contributed by atoms with Crippen LogP contribution in [0.1, 0.15) is 226 Å². The topological polar surface area (TPSA) is 6.48 Å². The SMILES string of the molecule is CCCCCCCCCCCCCCN1C=CN(CCCCCCCCCCCCCC)C1CCCCCCCCC. The Morgan fingerprint density at radius 3 is 0.833 bits per heavy atom. The van der Waals surface area contributed by atoms with Gasteiger partial charge in [-0.25, -0.2) is 0 Å². The molecule has 1 heterocycles. The summed E-state index contributed by atoms with van der Waals surface area (Å²) in [4.78, 5) is 5.43. The lowest BCUT2D eigenvalue weighted by Gasteiger charge is -2.33. The maximum absolute atomic E-state index is 2.72. The van der Waals surface area contributed by atoms with Gasteiger partial charge in [0.1, 0.15) is 6.17 Å². The van der Waals surface area contributed by atoms with Crippen molar-refractivity contribution in [2.24, 2.45) is 0 Å². The standard InChI is InChI=1S/C40H80N2/c1-4-7-10-13-16-18-20-22-24-27-30-33-36-41-38-39-42(40(41)35-32-29-26-15-12-9-6-3)37-34-31-28-25-23-21-19-17-14-11-8-5-2/h38-40H,4-37H2,1-3H3. The van der Waals surface area contributed by atoms with Crippen LogP contribution in [-0.4, -0.2) is 29.1 Å². The zero-order valence-corrected chi connectivity index (χ0v) is 29.7. The molecule has 0 aromatic rings. The van der Waals surface area contributed by atoms with E-state index in [1.54, 1.807) is 0 Å². The van der Waals surface area contributed by atoms with Crippen LogP contribution in [-0.2, 0) is 0 Å². The van der Waals surface area contributed by atoms with Crippen LogP contribution in [0, 0.1) is 0 Å². The molecule has 0 aromatic carbocycles. The maximum Gasteiger partial charge on any atom is 0.101 e. The normalized spacial score (nSPS) is 13.7. The van der Waals surface area contributed by atoms with Crippen LogP contribution in [0.2, 0.25) is 0 Å². The van der Waals surface area contributed by atoms with Gasteiger partial charge in [0.15, 0.2) is 0 Å². The van der Waals surface area contributed by atoms with Crippen molar-refractivity contribution in [1.82, 2.24) is 9.80 Å². The van der Waals surface area contributed by atoms with Gasteiger partial charge in [0, 0.05) is 25.5 Å². The average Bonchev–Trinajstić information content (AvgIpc) is 3.38. The van der Waals surface area contributed by atoms with Crippen molar-refractivity contribution < 1.29 is 0 Å². The van der Waals surface area contributed by atoms with Gasteiger partial charge >= 0.3 is 0 Å². The van der Waals surface area contributed by atoms with Crippen molar-refractivity contribution in [1.29, 1.82) is 0 Å². The molecule has 0 atom stereocenters. The summed E-state index contributed by atoms with van der Waals surface area (Å²) in [5, 5.41) is 0. The number of unbranched alkanes of at least 4 members (excludes halogenated alkanes) is 28. The molecular weight excluding hydrogens is 508 g/mol. The lowest BCUT2D eigenvalue weighted by Crippen LogP contribution is -2.39. The Balaban J connectivity index is 2.19. The lowest BCUT2D eigenvalue weighted by molar-refractivity contribution is 0.135. The van der Waals surface area contributed by atoms with Crippen molar-refractivity contribution in [3.8, 4) is 0 Å². The van der Waals surface area contributed by atoms with E-state index in [0.717, 1.165) is 0 Å². The van der Waals surface area contributed by atoms with Gasteiger partial charge in [-0.05, 0) is 25.7 Å². The molecule has 2 heteroatoms. The summed E-state index contributed by atoms with van der Waals surface area (Å²) in [6.45, 7) is 9.48. The van der Waals surface area contributed by atoms with E-state index in [1.807, 2.05) is 0 Å². The molecular formula is C40H80N2. The summed E-state index contributed by atoms with van der Waals surface area (Å²) < 4.78 is 0. The Morgan fingerprint density at radius 1 is 0.310 bits per heavy atom. The Morgan fingerprint density at radius 2 is 0.548 bits per heavy atom. The summed E-state index contributed by atoms with van der Waals surface area (Å²) in [5.41, 5.74) is 0. The summed E-state index contributed by atoms with van der Waals surface area (Å²) in [6, 6.07) is 0. The first-order chi connectivity index (χ1) is 20.8. The van der Waals surface area contributed by atoms with Crippen molar-refractivity contribution >= 4 is 0 Å². The van der Waals surface area contributed by atoms with Crippen LogP contribution in [0.3, 0.4) is 0 Å². The second-order valence-corrected chi connectivity index (χ2v) is 13.9. The van der Waals surface area contributed by atoms with Crippen LogP contribution in [0.5, 0.6) is 0 Å². The fourth-order valence-electron chi connectivity index (χ4n) is 6.89. The van der Waals surface area contributed by atoms with E-state index in [9.17, 15) is 0 Å². The van der Waals surface area contributed by atoms with Crippen LogP contribution in [0.4, 0.5) is 0 Å². The van der Waals surface area contributed by atoms with E-state index < -0.39 is 0 Å². The first-order valence-corrected chi connectivity index (χ1v) is 20.0. The smallest absolute Gasteiger partial charge is 0.101 e. The zero-order chi connectivity index (χ0) is 30.2. The molecule has 1 rings (SSSR count). The summed E-state index contributed by atoms with van der Waals surface area (Å²) in [5.74, 6) is 0. The van der Waals surface area contributed by atoms with E-state index in [-0.39, 0.29) is 0 Å². The van der Waals surface area contributed by atoms with Gasteiger partial charge in [-0.2, -0.15) is 0 Å². The van der Waals surface area contributed by atoms with E-state index >= 15 is 0 Å². The summed E-state index contributed by atoms with van der Waals surface area (Å²) in [6.07, 6.45) is 51.4. The Labute approximate surface area is 267 Å². The number of nitrogens with zero attached hydrogens (tertiary/aromatic N) is 2. The molecule has 1 aliphatic heterocycles. The average molecular weight is 589 g/mol. The second-order valence-electron chi connectivity index (χ2n) is 13.9. The fourth-order valence-corrected chi connectivity index (χ4v) is 6.89. The lowest BCUT2D eigenvalue weighted by atomic mass is 10.0. The number of hydrogen-bond acceptors (Lipinski definition) is 2. The minimum atomic E-state index is 0.640. The molecule has 0 amide bonds. The minimum Gasteiger partial charge on any atom is -0.356 e. The van der Waals surface area contributed by atoms with E-state index in [2.05, 4.69) is 43.0 Å². The summed E-state index contributed by atoms with van der Waals surface area (Å²) in [7, 11) is 0. The third-order valence-corrected chi connectivity index (χ3v) is 9.82. The molecule has 0 unspecified atom stereocenters. The van der Waals surface area contributed by atoms with Gasteiger partial charge in [0.25, 0.3) is 0 Å². The van der Waals surface area contributed by atoms with Gasteiger partial charge in [-0.15, -0.1) is 0 Å². The first kappa shape index (κ1) is 39.4. The molecule has 0 fully saturated rings. The minimum absolute atomic E-state index is 0.640. The highest BCUT2D eigenvalue weighted by Crippen LogP contribution is 2.24. The monoisotopic (exact) mass is 589 g/mol. The van der Waals surface area contributed by atoms with Crippen LogP contribution < -0.4 is 0 Å². The molecule has 0 bridgehead atoms. The fraction of sp³-hybridized carbons (Fsp3) is 0.950. The van der Waals surface area contributed by atoms with Gasteiger partial charge in [-0.3, -0.25) is 0 Å². The molecule has 0 N–H and O–H groups in total. The Bertz CT molecular complexity index is 506. The third kappa shape index (κ3) is 23.8. The molecule has 0 spiro atoms. The van der Waals surface area contributed by atoms with Crippen LogP contribution in [0.25, 0.3) is 0 Å². The largest absolute Gasteiger partial charge is 0.356 e. The van der Waals surface area contributed by atoms with Crippen molar-refractivity contribution in [2.75, 3.05) is 13.1 Å². The highest BCUT2D eigenvalue weighted by Gasteiger charge is 2.24. The predicted molar refractivity (Wildman–Crippen MR) is 191 cm³/mol. The molecule has 250 valence electrons. The zero-order valence-electron chi connectivity index (χ0n) is 29.7. The molecule has 42 heavy (non-hydrogen) atoms. The number of hydrogen-bond donors (Lipinski definition) is 0. The van der Waals surface area contributed by atoms with E-state index in [0.29, 0.717) is 6.17 Å². The molecule has 1 aliphatic rings. The van der Waals surface area contributed by atoms with E-state index in [4.69, 9.17) is 0 Å². The van der Waals surface area contributed by atoms with Gasteiger partial charge in [0.05, 0.1) is 0 Å².